The molecule has 0 spiro atoms. The first kappa shape index (κ1) is 17.9. The highest BCUT2D eigenvalue weighted by Crippen LogP contribution is 2.37. The normalized spacial score (nSPS) is 17.2. The molecule has 0 saturated carbocycles. The molecule has 0 bridgehead atoms. The molecule has 1 saturated heterocycles. The van der Waals surface area contributed by atoms with Crippen molar-refractivity contribution >= 4 is 17.4 Å². The lowest BCUT2D eigenvalue weighted by molar-refractivity contribution is -0.134. The number of amides is 1. The molecule has 23 heavy (non-hydrogen) atoms. The largest absolute Gasteiger partial charge is 0.489 e. The number of carbonyl (C=O) groups excluding carboxylic acids is 1. The van der Waals surface area contributed by atoms with Gasteiger partial charge in [0.05, 0.1) is 0 Å². The minimum Gasteiger partial charge on any atom is -0.489 e. The topological polar surface area (TPSA) is 38.8 Å². The van der Waals surface area contributed by atoms with Gasteiger partial charge in [-0.3, -0.25) is 0 Å². The molecule has 4 nitrogen and oxygen atoms in total. The lowest BCUT2D eigenvalue weighted by atomic mass is 10.1. The summed E-state index contributed by atoms with van der Waals surface area (Å²) in [5.41, 5.74) is -0.547. The van der Waals surface area contributed by atoms with Crippen molar-refractivity contribution in [2.45, 2.75) is 51.5 Å². The number of ether oxygens (including phenoxy) is 2. The summed E-state index contributed by atoms with van der Waals surface area (Å²) in [5.74, 6) is 0.234. The van der Waals surface area contributed by atoms with Crippen LogP contribution in [0.5, 0.6) is 5.75 Å². The van der Waals surface area contributed by atoms with Crippen molar-refractivity contribution in [3.63, 3.8) is 0 Å². The maximum Gasteiger partial charge on any atom is 0.425 e. The number of likely N-dealkylation sites (tertiary alicyclic amines) is 1. The fourth-order valence-corrected chi connectivity index (χ4v) is 2.89. The molecule has 8 heteroatoms. The Morgan fingerprint density at radius 1 is 1.26 bits per heavy atom. The van der Waals surface area contributed by atoms with E-state index in [1.54, 1.807) is 25.7 Å². The number of carbonyl (C=O) groups is 1. The van der Waals surface area contributed by atoms with Crippen LogP contribution < -0.4 is 4.74 Å². The van der Waals surface area contributed by atoms with Gasteiger partial charge in [-0.15, -0.1) is 11.3 Å². The van der Waals surface area contributed by atoms with Crippen LogP contribution in [0.25, 0.3) is 0 Å². The average Bonchev–Trinajstić information content (AvgIpc) is 2.86. The molecule has 0 radical (unpaired) electrons. The molecule has 0 atom stereocenters. The van der Waals surface area contributed by atoms with Gasteiger partial charge in [-0.2, -0.15) is 13.2 Å². The fourth-order valence-electron chi connectivity index (χ4n) is 2.20. The van der Waals surface area contributed by atoms with Crippen LogP contribution in [0, 0.1) is 0 Å². The van der Waals surface area contributed by atoms with Crippen LogP contribution in [0.4, 0.5) is 18.0 Å². The predicted octanol–water partition coefficient (Wildman–Crippen LogP) is 4.55. The molecule has 1 aliphatic heterocycles. The number of rotatable bonds is 2. The molecule has 0 aliphatic carbocycles. The zero-order valence-corrected chi connectivity index (χ0v) is 14.1. The van der Waals surface area contributed by atoms with E-state index in [1.807, 2.05) is 0 Å². The standard InChI is InChI=1S/C15H20F3NO3S/c1-14(2,3)22-13(20)19-6-4-10(5-7-19)21-11-8-12(23-9-11)15(16,17)18/h8-10H,4-7H2,1-3H3. The molecule has 2 rings (SSSR count). The zero-order chi connectivity index (χ0) is 17.3. The van der Waals surface area contributed by atoms with E-state index < -0.39 is 16.7 Å². The molecule has 1 aliphatic rings. The number of halogens is 3. The first-order chi connectivity index (χ1) is 10.5. The number of piperidine rings is 1. The zero-order valence-electron chi connectivity index (χ0n) is 13.3. The Balaban J connectivity index is 1.83. The van der Waals surface area contributed by atoms with E-state index >= 15 is 0 Å². The third-order valence-corrected chi connectivity index (χ3v) is 4.20. The number of hydrogen-bond acceptors (Lipinski definition) is 4. The summed E-state index contributed by atoms with van der Waals surface area (Å²) >= 11 is 0.622. The molecular formula is C15H20F3NO3S. The Bertz CT molecular complexity index is 543. The smallest absolute Gasteiger partial charge is 0.425 e. The van der Waals surface area contributed by atoms with Crippen molar-refractivity contribution in [2.24, 2.45) is 0 Å². The van der Waals surface area contributed by atoms with E-state index in [-0.39, 0.29) is 17.9 Å². The van der Waals surface area contributed by atoms with Gasteiger partial charge in [-0.25, -0.2) is 4.79 Å². The summed E-state index contributed by atoms with van der Waals surface area (Å²) in [6.07, 6.45) is -3.77. The summed E-state index contributed by atoms with van der Waals surface area (Å²) in [6.45, 7) is 6.34. The Kier molecular flexibility index (Phi) is 5.13. The second kappa shape index (κ2) is 6.59. The molecule has 0 aromatic carbocycles. The lowest BCUT2D eigenvalue weighted by Gasteiger charge is -2.33. The first-order valence-corrected chi connectivity index (χ1v) is 8.23. The molecule has 1 fully saturated rings. The van der Waals surface area contributed by atoms with Gasteiger partial charge in [0.2, 0.25) is 0 Å². The van der Waals surface area contributed by atoms with E-state index in [9.17, 15) is 18.0 Å². The molecule has 0 N–H and O–H groups in total. The highest BCUT2D eigenvalue weighted by Gasteiger charge is 2.33. The van der Waals surface area contributed by atoms with Crippen molar-refractivity contribution in [1.29, 1.82) is 0 Å². The first-order valence-electron chi connectivity index (χ1n) is 7.35. The summed E-state index contributed by atoms with van der Waals surface area (Å²) < 4.78 is 48.5. The van der Waals surface area contributed by atoms with Crippen molar-refractivity contribution in [3.8, 4) is 5.75 Å². The van der Waals surface area contributed by atoms with Gasteiger partial charge in [0, 0.05) is 37.4 Å². The monoisotopic (exact) mass is 351 g/mol. The van der Waals surface area contributed by atoms with E-state index in [0.717, 1.165) is 6.07 Å². The van der Waals surface area contributed by atoms with Gasteiger partial charge in [0.15, 0.2) is 0 Å². The second-order valence-electron chi connectivity index (χ2n) is 6.43. The van der Waals surface area contributed by atoms with Gasteiger partial charge in [0.1, 0.15) is 22.3 Å². The Morgan fingerprint density at radius 2 is 1.87 bits per heavy atom. The van der Waals surface area contributed by atoms with Gasteiger partial charge in [0.25, 0.3) is 0 Å². The Hall–Kier alpha value is -1.44. The SMILES string of the molecule is CC(C)(C)OC(=O)N1CCC(Oc2csc(C(F)(F)F)c2)CC1. The third-order valence-electron chi connectivity index (χ3n) is 3.25. The predicted molar refractivity (Wildman–Crippen MR) is 80.8 cm³/mol. The molecule has 1 aromatic heterocycles. The summed E-state index contributed by atoms with van der Waals surface area (Å²) in [6, 6.07) is 1.02. The molecule has 1 amide bonds. The molecular weight excluding hydrogens is 331 g/mol. The lowest BCUT2D eigenvalue weighted by Crippen LogP contribution is -2.44. The van der Waals surface area contributed by atoms with E-state index in [2.05, 4.69) is 0 Å². The van der Waals surface area contributed by atoms with Gasteiger partial charge in [-0.05, 0) is 20.8 Å². The van der Waals surface area contributed by atoms with Crippen LogP contribution >= 0.6 is 11.3 Å². The number of nitrogens with zero attached hydrogens (tertiary/aromatic N) is 1. The minimum absolute atomic E-state index is 0.190. The summed E-state index contributed by atoms with van der Waals surface area (Å²) in [7, 11) is 0. The van der Waals surface area contributed by atoms with Crippen molar-refractivity contribution in [3.05, 3.63) is 16.3 Å². The summed E-state index contributed by atoms with van der Waals surface area (Å²) in [4.78, 5) is 12.9. The average molecular weight is 351 g/mol. The van der Waals surface area contributed by atoms with E-state index in [4.69, 9.17) is 9.47 Å². The van der Waals surface area contributed by atoms with E-state index in [0.29, 0.717) is 37.3 Å². The van der Waals surface area contributed by atoms with E-state index in [1.165, 1.54) is 5.38 Å². The molecule has 2 heterocycles. The van der Waals surface area contributed by atoms with Gasteiger partial charge in [-0.1, -0.05) is 0 Å². The quantitative estimate of drug-likeness (QED) is 0.785. The van der Waals surface area contributed by atoms with Crippen molar-refractivity contribution in [2.75, 3.05) is 13.1 Å². The van der Waals surface area contributed by atoms with Crippen LogP contribution in [-0.4, -0.2) is 35.8 Å². The fraction of sp³-hybridized carbons (Fsp3) is 0.667. The Morgan fingerprint density at radius 3 is 2.35 bits per heavy atom. The number of thiophene rings is 1. The van der Waals surface area contributed by atoms with Gasteiger partial charge >= 0.3 is 12.3 Å². The number of hydrogen-bond donors (Lipinski definition) is 0. The molecule has 130 valence electrons. The van der Waals surface area contributed by atoms with Crippen molar-refractivity contribution in [1.82, 2.24) is 4.90 Å². The van der Waals surface area contributed by atoms with Crippen LogP contribution in [0.15, 0.2) is 11.4 Å². The highest BCUT2D eigenvalue weighted by atomic mass is 32.1. The second-order valence-corrected chi connectivity index (χ2v) is 7.34. The minimum atomic E-state index is -4.34. The van der Waals surface area contributed by atoms with Crippen LogP contribution in [0.2, 0.25) is 0 Å². The van der Waals surface area contributed by atoms with Crippen LogP contribution in [-0.2, 0) is 10.9 Å². The van der Waals surface area contributed by atoms with Gasteiger partial charge < -0.3 is 14.4 Å². The summed E-state index contributed by atoms with van der Waals surface area (Å²) in [5, 5.41) is 1.36. The van der Waals surface area contributed by atoms with Crippen LogP contribution in [0.3, 0.4) is 0 Å². The maximum absolute atomic E-state index is 12.6. The molecule has 1 aromatic rings. The van der Waals surface area contributed by atoms with Crippen molar-refractivity contribution < 1.29 is 27.4 Å². The number of alkyl halides is 3. The molecule has 0 unspecified atom stereocenters. The third kappa shape index (κ3) is 5.30. The Labute approximate surface area is 137 Å². The van der Waals surface area contributed by atoms with Crippen LogP contribution in [0.1, 0.15) is 38.5 Å². The maximum atomic E-state index is 12.6. The highest BCUT2D eigenvalue weighted by molar-refractivity contribution is 7.10.